The summed E-state index contributed by atoms with van der Waals surface area (Å²) in [5, 5.41) is 10.8. The molecule has 3 fully saturated rings. The minimum Gasteiger partial charge on any atom is -0.467 e. The first-order chi connectivity index (χ1) is 13.2. The van der Waals surface area contributed by atoms with Gasteiger partial charge in [-0.3, -0.25) is 9.69 Å². The van der Waals surface area contributed by atoms with Crippen molar-refractivity contribution in [2.45, 2.75) is 57.3 Å². The third-order valence-electron chi connectivity index (χ3n) is 6.10. The number of fused-ring (bicyclic) bond motifs is 3. The molecule has 7 heteroatoms. The Labute approximate surface area is 164 Å². The van der Waals surface area contributed by atoms with Crippen molar-refractivity contribution in [1.29, 1.82) is 0 Å². The van der Waals surface area contributed by atoms with Gasteiger partial charge in [-0.1, -0.05) is 51.1 Å². The number of aliphatic hydroxyl groups excluding tert-OH is 1. The highest BCUT2D eigenvalue weighted by Crippen LogP contribution is 2.53. The molecule has 28 heavy (non-hydrogen) atoms. The molecule has 3 heterocycles. The van der Waals surface area contributed by atoms with Gasteiger partial charge in [-0.25, -0.2) is 4.79 Å². The summed E-state index contributed by atoms with van der Waals surface area (Å²) in [6, 6.07) is 9.20. The monoisotopic (exact) mass is 389 g/mol. The Hall–Kier alpha value is -1.96. The summed E-state index contributed by atoms with van der Waals surface area (Å²) in [6.45, 7) is 5.93. The Morgan fingerprint density at radius 1 is 1.32 bits per heavy atom. The van der Waals surface area contributed by atoms with Gasteiger partial charge >= 0.3 is 5.97 Å². The van der Waals surface area contributed by atoms with E-state index in [1.807, 2.05) is 51.1 Å². The zero-order valence-corrected chi connectivity index (χ0v) is 16.6. The van der Waals surface area contributed by atoms with Crippen molar-refractivity contribution in [3.8, 4) is 0 Å². The van der Waals surface area contributed by atoms with E-state index in [0.717, 1.165) is 5.56 Å². The van der Waals surface area contributed by atoms with Crippen molar-refractivity contribution < 1.29 is 28.9 Å². The summed E-state index contributed by atoms with van der Waals surface area (Å²) >= 11 is 0. The molecule has 1 amide bonds. The molecule has 0 radical (unpaired) electrons. The second kappa shape index (κ2) is 6.54. The highest BCUT2D eigenvalue weighted by Gasteiger charge is 2.73. The summed E-state index contributed by atoms with van der Waals surface area (Å²) in [5.74, 6) is -1.21. The second-order valence-electron chi connectivity index (χ2n) is 8.95. The normalized spacial score (nSPS) is 35.6. The van der Waals surface area contributed by atoms with Gasteiger partial charge in [0.15, 0.2) is 5.54 Å². The minimum atomic E-state index is -1.31. The summed E-state index contributed by atoms with van der Waals surface area (Å²) in [4.78, 5) is 27.8. The van der Waals surface area contributed by atoms with Crippen molar-refractivity contribution >= 4 is 11.9 Å². The fourth-order valence-corrected chi connectivity index (χ4v) is 4.81. The number of carbonyl (C=O) groups is 2. The summed E-state index contributed by atoms with van der Waals surface area (Å²) in [5.41, 5.74) is -0.953. The van der Waals surface area contributed by atoms with Crippen molar-refractivity contribution in [1.82, 2.24) is 4.90 Å². The molecule has 0 aromatic heterocycles. The lowest BCUT2D eigenvalue weighted by atomic mass is 9.88. The first-order valence-electron chi connectivity index (χ1n) is 9.63. The van der Waals surface area contributed by atoms with Gasteiger partial charge in [0.25, 0.3) is 0 Å². The largest absolute Gasteiger partial charge is 0.467 e. The molecule has 0 saturated carbocycles. The average molecular weight is 389 g/mol. The molecule has 0 bridgehead atoms. The van der Waals surface area contributed by atoms with Gasteiger partial charge in [-0.05, 0) is 12.0 Å². The third kappa shape index (κ3) is 2.60. The van der Waals surface area contributed by atoms with Gasteiger partial charge < -0.3 is 19.3 Å². The number of hydrogen-bond acceptors (Lipinski definition) is 6. The number of hydrogen-bond donors (Lipinski definition) is 1. The fourth-order valence-electron chi connectivity index (χ4n) is 4.81. The molecule has 2 unspecified atom stereocenters. The van der Waals surface area contributed by atoms with Crippen LogP contribution in [0, 0.1) is 11.3 Å². The summed E-state index contributed by atoms with van der Waals surface area (Å²) < 4.78 is 17.2. The van der Waals surface area contributed by atoms with Gasteiger partial charge in [0.05, 0.1) is 25.7 Å². The first kappa shape index (κ1) is 19.4. The van der Waals surface area contributed by atoms with Gasteiger partial charge in [0, 0.05) is 5.41 Å². The molecule has 3 aliphatic rings. The number of aliphatic hydroxyl groups is 1. The van der Waals surface area contributed by atoms with Crippen molar-refractivity contribution in [3.05, 3.63) is 35.9 Å². The molecule has 0 aliphatic carbocycles. The molecule has 1 aromatic rings. The number of methoxy groups -OCH3 is 1. The Balaban J connectivity index is 1.67. The number of carbonyl (C=O) groups excluding carboxylic acids is 2. The molecular formula is C21H27NO6. The smallest absolute Gasteiger partial charge is 0.337 e. The van der Waals surface area contributed by atoms with E-state index in [-0.39, 0.29) is 17.9 Å². The number of amides is 1. The number of ether oxygens (including phenoxy) is 3. The molecule has 3 aliphatic heterocycles. The quantitative estimate of drug-likeness (QED) is 0.792. The molecule has 1 N–H and O–H groups in total. The zero-order valence-electron chi connectivity index (χ0n) is 16.6. The topological polar surface area (TPSA) is 85.3 Å². The lowest BCUT2D eigenvalue weighted by Crippen LogP contribution is -2.60. The van der Waals surface area contributed by atoms with Crippen LogP contribution in [0.1, 0.15) is 38.9 Å². The molecule has 0 spiro atoms. The Kier molecular flexibility index (Phi) is 4.52. The van der Waals surface area contributed by atoms with E-state index in [9.17, 15) is 14.7 Å². The number of benzene rings is 1. The lowest BCUT2D eigenvalue weighted by Gasteiger charge is -2.38. The molecule has 1 aromatic carbocycles. The molecule has 3 saturated heterocycles. The zero-order chi connectivity index (χ0) is 20.3. The standard InChI is InChI=1S/C21H27NO6/c1-20(2,3)18-22-17(24)13-10-14(15(23)12-8-6-5-7-9-12)28-16(13)21(22,11-27-18)19(25)26-4/h5-9,13-16,18,23H,10-11H2,1-4H3/t13-,14?,15?,16+,18-,21-/m1/s1. The van der Waals surface area contributed by atoms with Crippen molar-refractivity contribution in [3.63, 3.8) is 0 Å². The minimum absolute atomic E-state index is 0.0304. The van der Waals surface area contributed by atoms with Crippen LogP contribution < -0.4 is 0 Å². The van der Waals surface area contributed by atoms with Crippen LogP contribution in [-0.4, -0.2) is 59.6 Å². The predicted molar refractivity (Wildman–Crippen MR) is 99.0 cm³/mol. The average Bonchev–Trinajstić information content (AvgIpc) is 3.33. The van der Waals surface area contributed by atoms with Gasteiger partial charge in [0.1, 0.15) is 18.4 Å². The predicted octanol–water partition coefficient (Wildman–Crippen LogP) is 1.65. The molecule has 6 atom stereocenters. The Morgan fingerprint density at radius 3 is 2.61 bits per heavy atom. The van der Waals surface area contributed by atoms with E-state index in [2.05, 4.69) is 0 Å². The maximum atomic E-state index is 13.3. The van der Waals surface area contributed by atoms with Crippen LogP contribution in [0.4, 0.5) is 0 Å². The van der Waals surface area contributed by atoms with Gasteiger partial charge in [0.2, 0.25) is 5.91 Å². The lowest BCUT2D eigenvalue weighted by molar-refractivity contribution is -0.166. The van der Waals surface area contributed by atoms with E-state index >= 15 is 0 Å². The molecule has 7 nitrogen and oxygen atoms in total. The van der Waals surface area contributed by atoms with E-state index in [1.54, 1.807) is 4.90 Å². The van der Waals surface area contributed by atoms with Crippen LogP contribution in [0.5, 0.6) is 0 Å². The van der Waals surface area contributed by atoms with Crippen LogP contribution in [0.15, 0.2) is 30.3 Å². The van der Waals surface area contributed by atoms with Gasteiger partial charge in [-0.15, -0.1) is 0 Å². The Bertz CT molecular complexity index is 775. The van der Waals surface area contributed by atoms with E-state index < -0.39 is 42.0 Å². The number of esters is 1. The maximum Gasteiger partial charge on any atom is 0.337 e. The van der Waals surface area contributed by atoms with Crippen molar-refractivity contribution in [2.24, 2.45) is 11.3 Å². The maximum absolute atomic E-state index is 13.3. The SMILES string of the molecule is COC(=O)[C@]12CO[C@H](C(C)(C)C)N1C(=O)[C@@H]1CC(C(O)c3ccccc3)O[C@@H]12. The van der Waals surface area contributed by atoms with Crippen LogP contribution >= 0.6 is 0 Å². The van der Waals surface area contributed by atoms with Crippen LogP contribution in [0.25, 0.3) is 0 Å². The van der Waals surface area contributed by atoms with E-state index in [0.29, 0.717) is 6.42 Å². The van der Waals surface area contributed by atoms with E-state index in [1.165, 1.54) is 7.11 Å². The number of rotatable bonds is 3. The fraction of sp³-hybridized carbons (Fsp3) is 0.619. The van der Waals surface area contributed by atoms with Crippen molar-refractivity contribution in [2.75, 3.05) is 13.7 Å². The van der Waals surface area contributed by atoms with Crippen LogP contribution in [0.3, 0.4) is 0 Å². The second-order valence-corrected chi connectivity index (χ2v) is 8.95. The highest BCUT2D eigenvalue weighted by atomic mass is 16.6. The summed E-state index contributed by atoms with van der Waals surface area (Å²) in [7, 11) is 1.31. The van der Waals surface area contributed by atoms with Gasteiger partial charge in [-0.2, -0.15) is 0 Å². The molecule has 4 rings (SSSR count). The van der Waals surface area contributed by atoms with Crippen LogP contribution in [0.2, 0.25) is 0 Å². The molecular weight excluding hydrogens is 362 g/mol. The van der Waals surface area contributed by atoms with E-state index in [4.69, 9.17) is 14.2 Å². The highest BCUT2D eigenvalue weighted by molar-refractivity contribution is 5.96. The first-order valence-corrected chi connectivity index (χ1v) is 9.63. The Morgan fingerprint density at radius 2 is 2.00 bits per heavy atom. The van der Waals surface area contributed by atoms with Crippen LogP contribution in [-0.2, 0) is 23.8 Å². The number of nitrogens with zero attached hydrogens (tertiary/aromatic N) is 1. The summed E-state index contributed by atoms with van der Waals surface area (Å²) in [6.07, 6.45) is -2.33. The third-order valence-corrected chi connectivity index (χ3v) is 6.10. The molecule has 152 valence electrons.